The Balaban J connectivity index is 2.38. The summed E-state index contributed by atoms with van der Waals surface area (Å²) in [6.07, 6.45) is 1.66. The summed E-state index contributed by atoms with van der Waals surface area (Å²) in [6.45, 7) is 11.0. The van der Waals surface area contributed by atoms with Crippen molar-refractivity contribution in [1.29, 1.82) is 0 Å². The summed E-state index contributed by atoms with van der Waals surface area (Å²) < 4.78 is 5.06. The van der Waals surface area contributed by atoms with Crippen molar-refractivity contribution >= 4 is 17.7 Å². The Bertz CT molecular complexity index is 887. The molecule has 0 radical (unpaired) electrons. The molecule has 156 valence electrons. The number of H-pyrrole nitrogens is 1. The number of aryl methyl sites for hydroxylation is 1. The third-order valence-electron chi connectivity index (χ3n) is 4.85. The lowest BCUT2D eigenvalue weighted by Crippen LogP contribution is -2.45. The minimum atomic E-state index is -0.713. The minimum absolute atomic E-state index is 0.132. The molecule has 2 aromatic heterocycles. The molecule has 0 spiro atoms. The van der Waals surface area contributed by atoms with Gasteiger partial charge in [-0.2, -0.15) is 0 Å². The zero-order chi connectivity index (χ0) is 21.7. The Kier molecular flexibility index (Phi) is 7.31. The zero-order valence-corrected chi connectivity index (χ0v) is 17.9. The van der Waals surface area contributed by atoms with Crippen molar-refractivity contribution in [3.8, 4) is 0 Å². The molecule has 0 fully saturated rings. The van der Waals surface area contributed by atoms with E-state index in [0.29, 0.717) is 22.5 Å². The van der Waals surface area contributed by atoms with Crippen LogP contribution in [0.4, 0.5) is 0 Å². The first-order valence-corrected chi connectivity index (χ1v) is 9.79. The van der Waals surface area contributed by atoms with E-state index in [9.17, 15) is 14.4 Å². The highest BCUT2D eigenvalue weighted by Crippen LogP contribution is 2.23. The van der Waals surface area contributed by atoms with E-state index < -0.39 is 12.0 Å². The van der Waals surface area contributed by atoms with Crippen LogP contribution < -0.4 is 0 Å². The number of hydrogen-bond acceptors (Lipinski definition) is 5. The van der Waals surface area contributed by atoms with Gasteiger partial charge in [-0.25, -0.2) is 4.79 Å². The highest BCUT2D eigenvalue weighted by Gasteiger charge is 2.32. The SMILES string of the molecule is CCOC(=O)c1[nH]c(C)c(C(=O)[C@H](C)N(Cc2ccccn2)C(=O)C(C)C)c1C. The number of rotatable bonds is 8. The van der Waals surface area contributed by atoms with Gasteiger partial charge in [-0.05, 0) is 45.4 Å². The standard InChI is InChI=1S/C22H29N3O4/c1-7-29-22(28)19-14(4)18(15(5)24-19)20(26)16(6)25(21(27)13(2)3)12-17-10-8-9-11-23-17/h8-11,13,16,24H,7,12H2,1-6H3/t16-/m0/s1. The summed E-state index contributed by atoms with van der Waals surface area (Å²) in [5.41, 5.74) is 2.51. The topological polar surface area (TPSA) is 92.4 Å². The highest BCUT2D eigenvalue weighted by molar-refractivity contribution is 6.06. The number of carbonyl (C=O) groups is 3. The number of hydrogen-bond donors (Lipinski definition) is 1. The number of nitrogens with zero attached hydrogens (tertiary/aromatic N) is 2. The second kappa shape index (κ2) is 9.49. The zero-order valence-electron chi connectivity index (χ0n) is 17.9. The molecule has 29 heavy (non-hydrogen) atoms. The first-order chi connectivity index (χ1) is 13.7. The van der Waals surface area contributed by atoms with E-state index in [1.54, 1.807) is 58.7 Å². The number of pyridine rings is 1. The van der Waals surface area contributed by atoms with E-state index in [1.807, 2.05) is 12.1 Å². The molecule has 1 atom stereocenters. The third kappa shape index (κ3) is 4.91. The van der Waals surface area contributed by atoms with Gasteiger partial charge in [0.15, 0.2) is 5.78 Å². The molecular weight excluding hydrogens is 370 g/mol. The molecule has 7 nitrogen and oxygen atoms in total. The van der Waals surface area contributed by atoms with Gasteiger partial charge >= 0.3 is 5.97 Å². The van der Waals surface area contributed by atoms with Gasteiger partial charge in [0, 0.05) is 23.4 Å². The molecule has 0 aliphatic rings. The molecule has 0 aliphatic carbocycles. The fourth-order valence-corrected chi connectivity index (χ4v) is 3.28. The lowest BCUT2D eigenvalue weighted by atomic mass is 9.98. The van der Waals surface area contributed by atoms with Gasteiger partial charge in [-0.1, -0.05) is 19.9 Å². The molecule has 0 unspecified atom stereocenters. The Morgan fingerprint density at radius 3 is 2.41 bits per heavy atom. The van der Waals surface area contributed by atoms with E-state index >= 15 is 0 Å². The predicted molar refractivity (Wildman–Crippen MR) is 110 cm³/mol. The molecule has 0 aliphatic heterocycles. The molecule has 1 N–H and O–H groups in total. The molecule has 0 aromatic carbocycles. The normalized spacial score (nSPS) is 12.0. The number of aromatic amines is 1. The van der Waals surface area contributed by atoms with Crippen LogP contribution in [-0.2, 0) is 16.1 Å². The van der Waals surface area contributed by atoms with Crippen LogP contribution in [0.1, 0.15) is 65.5 Å². The minimum Gasteiger partial charge on any atom is -0.461 e. The van der Waals surface area contributed by atoms with Crippen molar-refractivity contribution in [2.75, 3.05) is 6.61 Å². The molecule has 0 saturated carbocycles. The molecule has 1 amide bonds. The van der Waals surface area contributed by atoms with Gasteiger partial charge in [0.05, 0.1) is 24.9 Å². The van der Waals surface area contributed by atoms with Crippen LogP contribution in [0.15, 0.2) is 24.4 Å². The van der Waals surface area contributed by atoms with Gasteiger partial charge < -0.3 is 14.6 Å². The quantitative estimate of drug-likeness (QED) is 0.542. The smallest absolute Gasteiger partial charge is 0.355 e. The van der Waals surface area contributed by atoms with Crippen LogP contribution in [0.5, 0.6) is 0 Å². The maximum atomic E-state index is 13.4. The third-order valence-corrected chi connectivity index (χ3v) is 4.85. The van der Waals surface area contributed by atoms with E-state index in [0.717, 1.165) is 0 Å². The van der Waals surface area contributed by atoms with Crippen LogP contribution in [0.3, 0.4) is 0 Å². The summed E-state index contributed by atoms with van der Waals surface area (Å²) >= 11 is 0. The average molecular weight is 399 g/mol. The molecule has 7 heteroatoms. The number of ether oxygens (including phenoxy) is 1. The first-order valence-electron chi connectivity index (χ1n) is 9.79. The van der Waals surface area contributed by atoms with Crippen molar-refractivity contribution in [2.45, 2.75) is 54.1 Å². The monoisotopic (exact) mass is 399 g/mol. The van der Waals surface area contributed by atoms with Crippen molar-refractivity contribution in [3.63, 3.8) is 0 Å². The van der Waals surface area contributed by atoms with Crippen molar-refractivity contribution in [3.05, 3.63) is 52.6 Å². The Hall–Kier alpha value is -2.96. The van der Waals surface area contributed by atoms with Crippen LogP contribution in [-0.4, -0.2) is 45.2 Å². The van der Waals surface area contributed by atoms with E-state index in [4.69, 9.17) is 4.74 Å². The summed E-state index contributed by atoms with van der Waals surface area (Å²) in [4.78, 5) is 47.2. The maximum absolute atomic E-state index is 13.4. The van der Waals surface area contributed by atoms with Crippen LogP contribution in [0.25, 0.3) is 0 Å². The second-order valence-electron chi connectivity index (χ2n) is 7.33. The van der Waals surface area contributed by atoms with Gasteiger partial charge in [0.2, 0.25) is 5.91 Å². The predicted octanol–water partition coefficient (Wildman–Crippen LogP) is 3.46. The first kappa shape index (κ1) is 22.3. The Morgan fingerprint density at radius 1 is 1.17 bits per heavy atom. The second-order valence-corrected chi connectivity index (χ2v) is 7.33. The lowest BCUT2D eigenvalue weighted by molar-refractivity contribution is -0.136. The largest absolute Gasteiger partial charge is 0.461 e. The fraction of sp³-hybridized carbons (Fsp3) is 0.455. The number of esters is 1. The molecule has 0 saturated heterocycles. The van der Waals surface area contributed by atoms with Gasteiger partial charge in [-0.3, -0.25) is 14.6 Å². The van der Waals surface area contributed by atoms with Crippen LogP contribution in [0.2, 0.25) is 0 Å². The highest BCUT2D eigenvalue weighted by atomic mass is 16.5. The summed E-state index contributed by atoms with van der Waals surface area (Å²) in [7, 11) is 0. The number of carbonyl (C=O) groups excluding carboxylic acids is 3. The van der Waals surface area contributed by atoms with E-state index in [2.05, 4.69) is 9.97 Å². The summed E-state index contributed by atoms with van der Waals surface area (Å²) in [6, 6.07) is 4.76. The average Bonchev–Trinajstić information content (AvgIpc) is 2.99. The van der Waals surface area contributed by atoms with Crippen molar-refractivity contribution in [2.24, 2.45) is 5.92 Å². The van der Waals surface area contributed by atoms with Gasteiger partial charge in [0.25, 0.3) is 0 Å². The lowest BCUT2D eigenvalue weighted by Gasteiger charge is -2.30. The summed E-state index contributed by atoms with van der Waals surface area (Å²) in [5, 5.41) is 0. The Labute approximate surface area is 171 Å². The van der Waals surface area contributed by atoms with E-state index in [-0.39, 0.29) is 36.5 Å². The van der Waals surface area contributed by atoms with Crippen molar-refractivity contribution in [1.82, 2.24) is 14.9 Å². The molecule has 2 aromatic rings. The summed E-state index contributed by atoms with van der Waals surface area (Å²) in [5.74, 6) is -1.12. The number of ketones is 1. The number of nitrogens with one attached hydrogen (secondary N) is 1. The van der Waals surface area contributed by atoms with Crippen molar-refractivity contribution < 1.29 is 19.1 Å². The fourth-order valence-electron chi connectivity index (χ4n) is 3.28. The molecule has 2 heterocycles. The van der Waals surface area contributed by atoms with E-state index in [1.165, 1.54) is 0 Å². The van der Waals surface area contributed by atoms with Gasteiger partial charge in [0.1, 0.15) is 5.69 Å². The maximum Gasteiger partial charge on any atom is 0.355 e. The van der Waals surface area contributed by atoms with Crippen LogP contribution >= 0.6 is 0 Å². The number of Topliss-reactive ketones (excluding diaryl/α,β-unsaturated/α-hetero) is 1. The molecule has 2 rings (SSSR count). The van der Waals surface area contributed by atoms with Crippen LogP contribution in [0, 0.1) is 19.8 Å². The molecular formula is C22H29N3O4. The van der Waals surface area contributed by atoms with Gasteiger partial charge in [-0.15, -0.1) is 0 Å². The molecule has 0 bridgehead atoms. The number of aromatic nitrogens is 2. The Morgan fingerprint density at radius 2 is 1.86 bits per heavy atom. The number of amides is 1.